The summed E-state index contributed by atoms with van der Waals surface area (Å²) in [7, 11) is -1.76. The van der Waals surface area contributed by atoms with Crippen LogP contribution in [0.3, 0.4) is 0 Å². The number of halogens is 1. The van der Waals surface area contributed by atoms with Gasteiger partial charge in [-0.25, -0.2) is 0 Å². The molecule has 1 saturated carbocycles. The zero-order valence-electron chi connectivity index (χ0n) is 13.5. The van der Waals surface area contributed by atoms with E-state index in [1.165, 1.54) is 0 Å². The molecule has 0 radical (unpaired) electrons. The van der Waals surface area contributed by atoms with Gasteiger partial charge in [0, 0.05) is 22.4 Å². The Kier molecular flexibility index (Phi) is 4.14. The fraction of sp³-hybridized carbons (Fsp3) is 0.933. The van der Waals surface area contributed by atoms with E-state index >= 15 is 0 Å². The van der Waals surface area contributed by atoms with Gasteiger partial charge >= 0.3 is 5.97 Å². The van der Waals surface area contributed by atoms with Crippen molar-refractivity contribution in [1.29, 1.82) is 0 Å². The van der Waals surface area contributed by atoms with Gasteiger partial charge in [0.2, 0.25) is 0 Å². The lowest BCUT2D eigenvalue weighted by molar-refractivity contribution is -0.148. The Hall–Kier alpha value is 0.377. The summed E-state index contributed by atoms with van der Waals surface area (Å²) in [5, 5.41) is 0.222. The van der Waals surface area contributed by atoms with Crippen molar-refractivity contribution in [2.45, 2.75) is 76.8 Å². The van der Waals surface area contributed by atoms with Crippen LogP contribution in [0.15, 0.2) is 0 Å². The third-order valence-electron chi connectivity index (χ3n) is 5.66. The van der Waals surface area contributed by atoms with Crippen molar-refractivity contribution < 1.29 is 14.0 Å². The molecule has 0 aromatic heterocycles. The number of esters is 1. The van der Waals surface area contributed by atoms with E-state index in [0.29, 0.717) is 6.42 Å². The predicted octanol–water partition coefficient (Wildman–Crippen LogP) is 4.30. The van der Waals surface area contributed by atoms with Crippen molar-refractivity contribution in [3.8, 4) is 0 Å². The van der Waals surface area contributed by atoms with Crippen molar-refractivity contribution in [2.75, 3.05) is 4.43 Å². The lowest BCUT2D eigenvalue weighted by atomic mass is 9.77. The van der Waals surface area contributed by atoms with E-state index in [4.69, 9.17) is 9.16 Å². The summed E-state index contributed by atoms with van der Waals surface area (Å²) in [4.78, 5) is 11.7. The van der Waals surface area contributed by atoms with Gasteiger partial charge in [-0.3, -0.25) is 4.79 Å². The number of carbonyl (C=O) groups excluding carboxylic acids is 1. The van der Waals surface area contributed by atoms with Crippen molar-refractivity contribution in [3.05, 3.63) is 0 Å². The predicted molar refractivity (Wildman–Crippen MR) is 91.7 cm³/mol. The highest BCUT2D eigenvalue weighted by Gasteiger charge is 2.63. The number of ether oxygens (including phenoxy) is 1. The zero-order valence-corrected chi connectivity index (χ0v) is 16.7. The smallest absolute Gasteiger partial charge is 0.307 e. The second kappa shape index (κ2) is 4.95. The van der Waals surface area contributed by atoms with E-state index in [0.717, 1.165) is 17.3 Å². The molecule has 1 aliphatic heterocycles. The highest BCUT2D eigenvalue weighted by molar-refractivity contribution is 14.1. The van der Waals surface area contributed by atoms with Crippen LogP contribution in [-0.2, 0) is 14.0 Å². The first kappa shape index (κ1) is 16.7. The molecule has 1 aliphatic carbocycles. The van der Waals surface area contributed by atoms with Gasteiger partial charge in [0.1, 0.15) is 5.60 Å². The zero-order chi connectivity index (χ0) is 15.4. The Morgan fingerprint density at radius 1 is 1.40 bits per heavy atom. The highest BCUT2D eigenvalue weighted by Crippen LogP contribution is 2.57. The van der Waals surface area contributed by atoms with E-state index < -0.39 is 8.32 Å². The molecule has 1 saturated heterocycles. The first-order valence-electron chi connectivity index (χ1n) is 7.40. The molecular formula is C15H27IO3Si. The topological polar surface area (TPSA) is 35.5 Å². The number of hydrogen-bond acceptors (Lipinski definition) is 3. The van der Waals surface area contributed by atoms with Crippen molar-refractivity contribution in [1.82, 2.24) is 0 Å². The maximum atomic E-state index is 11.7. The van der Waals surface area contributed by atoms with Crippen LogP contribution in [0.5, 0.6) is 0 Å². The average molecular weight is 410 g/mol. The van der Waals surface area contributed by atoms with Crippen LogP contribution in [0.4, 0.5) is 0 Å². The summed E-state index contributed by atoms with van der Waals surface area (Å²) in [6.07, 6.45) is 2.61. The van der Waals surface area contributed by atoms with Gasteiger partial charge < -0.3 is 9.16 Å². The normalized spacial score (nSPS) is 38.0. The molecule has 0 N–H and O–H groups in total. The van der Waals surface area contributed by atoms with E-state index in [-0.39, 0.29) is 28.1 Å². The van der Waals surface area contributed by atoms with Gasteiger partial charge in [0.05, 0.1) is 6.42 Å². The summed E-state index contributed by atoms with van der Waals surface area (Å²) >= 11 is 2.36. The van der Waals surface area contributed by atoms with Crippen LogP contribution >= 0.6 is 22.6 Å². The minimum Gasteiger partial charge on any atom is -0.458 e. The maximum Gasteiger partial charge on any atom is 0.307 e. The molecule has 20 heavy (non-hydrogen) atoms. The second-order valence-corrected chi connectivity index (χ2v) is 13.8. The molecule has 0 bridgehead atoms. The standard InChI is InChI=1S/C15H27IO3Si/c1-13(2,3)20(5,6)19-11-7-14(4)9-12(17)18-15(14,8-11)10-16/h11H,7-10H2,1-6H3/t11-,14+,15-/m1/s1. The molecule has 2 aliphatic rings. The Morgan fingerprint density at radius 2 is 2.00 bits per heavy atom. The summed E-state index contributed by atoms with van der Waals surface area (Å²) in [5.41, 5.74) is -0.337. The molecule has 0 unspecified atom stereocenters. The number of rotatable bonds is 3. The third-order valence-corrected chi connectivity index (χ3v) is 11.4. The van der Waals surface area contributed by atoms with Gasteiger partial charge in [-0.05, 0) is 24.6 Å². The van der Waals surface area contributed by atoms with Crippen LogP contribution in [0.1, 0.15) is 47.0 Å². The fourth-order valence-corrected chi connectivity index (χ4v) is 6.01. The molecule has 2 rings (SSSR count). The average Bonchev–Trinajstić information content (AvgIpc) is 2.60. The van der Waals surface area contributed by atoms with Gasteiger partial charge in [-0.1, -0.05) is 50.3 Å². The van der Waals surface area contributed by atoms with E-state index in [9.17, 15) is 4.79 Å². The molecule has 1 heterocycles. The highest BCUT2D eigenvalue weighted by atomic mass is 127. The molecule has 5 heteroatoms. The summed E-state index contributed by atoms with van der Waals surface area (Å²) < 4.78 is 13.2. The minimum absolute atomic E-state index is 0.0325. The first-order valence-corrected chi connectivity index (χ1v) is 11.8. The van der Waals surface area contributed by atoms with E-state index in [2.05, 4.69) is 63.4 Å². The monoisotopic (exact) mass is 410 g/mol. The Bertz CT molecular complexity index is 418. The molecule has 0 aromatic carbocycles. The molecule has 3 nitrogen and oxygen atoms in total. The molecule has 0 amide bonds. The van der Waals surface area contributed by atoms with Crippen LogP contribution in [0, 0.1) is 5.41 Å². The summed E-state index contributed by atoms with van der Waals surface area (Å²) in [6.45, 7) is 13.6. The summed E-state index contributed by atoms with van der Waals surface area (Å²) in [5.74, 6) is -0.0325. The maximum absolute atomic E-state index is 11.7. The molecule has 3 atom stereocenters. The molecule has 2 fully saturated rings. The van der Waals surface area contributed by atoms with Crippen LogP contribution in [0.2, 0.25) is 18.1 Å². The molecule has 0 aromatic rings. The minimum atomic E-state index is -1.76. The Balaban J connectivity index is 2.15. The van der Waals surface area contributed by atoms with E-state index in [1.807, 2.05) is 0 Å². The quantitative estimate of drug-likeness (QED) is 0.301. The van der Waals surface area contributed by atoms with Gasteiger partial charge in [-0.2, -0.15) is 0 Å². The summed E-state index contributed by atoms with van der Waals surface area (Å²) in [6, 6.07) is 0. The van der Waals surface area contributed by atoms with Crippen molar-refractivity contribution in [2.24, 2.45) is 5.41 Å². The van der Waals surface area contributed by atoms with E-state index in [1.54, 1.807) is 0 Å². The Labute approximate surface area is 137 Å². The lowest BCUT2D eigenvalue weighted by Gasteiger charge is -2.38. The fourth-order valence-electron chi connectivity index (χ4n) is 3.27. The van der Waals surface area contributed by atoms with Crippen LogP contribution in [-0.4, -0.2) is 30.4 Å². The first-order chi connectivity index (χ1) is 8.95. The van der Waals surface area contributed by atoms with Crippen LogP contribution < -0.4 is 0 Å². The second-order valence-electron chi connectivity index (χ2n) is 8.25. The van der Waals surface area contributed by atoms with Crippen molar-refractivity contribution >= 4 is 36.9 Å². The molecule has 0 spiro atoms. The third kappa shape index (κ3) is 2.58. The SMILES string of the molecule is CC(C)(C)[Si](C)(C)O[C@@H]1C[C@@]2(C)CC(=O)O[C@@]2(CI)C1. The molecular weight excluding hydrogens is 383 g/mol. The lowest BCUT2D eigenvalue weighted by Crippen LogP contribution is -2.44. The Morgan fingerprint density at radius 3 is 2.45 bits per heavy atom. The van der Waals surface area contributed by atoms with Gasteiger partial charge in [0.25, 0.3) is 0 Å². The number of fused-ring (bicyclic) bond motifs is 1. The number of carbonyl (C=O) groups is 1. The number of hydrogen-bond donors (Lipinski definition) is 0. The number of alkyl halides is 1. The van der Waals surface area contributed by atoms with Gasteiger partial charge in [0.15, 0.2) is 8.32 Å². The van der Waals surface area contributed by atoms with Gasteiger partial charge in [-0.15, -0.1) is 0 Å². The van der Waals surface area contributed by atoms with Crippen LogP contribution in [0.25, 0.3) is 0 Å². The van der Waals surface area contributed by atoms with Crippen molar-refractivity contribution in [3.63, 3.8) is 0 Å². The largest absolute Gasteiger partial charge is 0.458 e. The molecule has 116 valence electrons.